The molecule has 1 aliphatic heterocycles. The highest BCUT2D eigenvalue weighted by Crippen LogP contribution is 2.37. The molecule has 0 spiro atoms. The molecule has 24 heavy (non-hydrogen) atoms. The van der Waals surface area contributed by atoms with Crippen molar-refractivity contribution < 1.29 is 4.90 Å². The van der Waals surface area contributed by atoms with Crippen molar-refractivity contribution in [3.8, 4) is 11.1 Å². The molecule has 1 saturated heterocycles. The minimum Gasteiger partial charge on any atom is -0.350 e. The molecule has 1 fully saturated rings. The van der Waals surface area contributed by atoms with Crippen molar-refractivity contribution in [3.63, 3.8) is 0 Å². The number of aryl methyl sites for hydroxylation is 1. The number of benzene rings is 1. The van der Waals surface area contributed by atoms with E-state index in [1.54, 1.807) is 22.6 Å². The summed E-state index contributed by atoms with van der Waals surface area (Å²) in [7, 11) is 2.28. The Morgan fingerprint density at radius 1 is 1.08 bits per heavy atom. The van der Waals surface area contributed by atoms with Crippen LogP contribution in [0.4, 0.5) is 5.82 Å². The summed E-state index contributed by atoms with van der Waals surface area (Å²) in [6.45, 7) is 6.66. The Morgan fingerprint density at radius 2 is 1.92 bits per heavy atom. The SMILES string of the molecule is Cc1ccc(-c2csc3ncnc(N4CCC[NH+](C)CC4)c23)cc1. The molecule has 0 aliphatic carbocycles. The van der Waals surface area contributed by atoms with Gasteiger partial charge in [0.1, 0.15) is 17.0 Å². The molecule has 0 bridgehead atoms. The lowest BCUT2D eigenvalue weighted by Crippen LogP contribution is -3.09. The molecule has 4 rings (SSSR count). The number of rotatable bonds is 2. The number of nitrogens with one attached hydrogen (secondary N) is 1. The summed E-state index contributed by atoms with van der Waals surface area (Å²) in [4.78, 5) is 14.3. The molecule has 1 unspecified atom stereocenters. The van der Waals surface area contributed by atoms with E-state index in [-0.39, 0.29) is 0 Å². The van der Waals surface area contributed by atoms with E-state index in [1.165, 1.54) is 35.0 Å². The molecule has 3 heterocycles. The number of anilines is 1. The maximum absolute atomic E-state index is 4.69. The monoisotopic (exact) mass is 339 g/mol. The van der Waals surface area contributed by atoms with Crippen LogP contribution in [0.25, 0.3) is 21.3 Å². The molecule has 1 aromatic carbocycles. The smallest absolute Gasteiger partial charge is 0.141 e. The predicted molar refractivity (Wildman–Crippen MR) is 101 cm³/mol. The Morgan fingerprint density at radius 3 is 2.75 bits per heavy atom. The van der Waals surface area contributed by atoms with Crippen LogP contribution >= 0.6 is 11.3 Å². The lowest BCUT2D eigenvalue weighted by atomic mass is 10.0. The van der Waals surface area contributed by atoms with E-state index >= 15 is 0 Å². The van der Waals surface area contributed by atoms with Crippen molar-refractivity contribution in [1.29, 1.82) is 0 Å². The summed E-state index contributed by atoms with van der Waals surface area (Å²) in [5.41, 5.74) is 3.80. The molecule has 0 radical (unpaired) electrons. The second-order valence-electron chi connectivity index (χ2n) is 6.69. The number of nitrogens with zero attached hydrogens (tertiary/aromatic N) is 3. The standard InChI is InChI=1S/C19H22N4S/c1-14-4-6-15(7-5-14)16-12-24-19-17(16)18(20-13-21-19)23-9-3-8-22(2)10-11-23/h4-7,12-13H,3,8-11H2,1-2H3/p+1. The highest BCUT2D eigenvalue weighted by molar-refractivity contribution is 7.17. The van der Waals surface area contributed by atoms with Gasteiger partial charge in [0.05, 0.1) is 32.1 Å². The maximum Gasteiger partial charge on any atom is 0.141 e. The van der Waals surface area contributed by atoms with Crippen LogP contribution in [-0.2, 0) is 0 Å². The normalized spacial score (nSPS) is 18.8. The summed E-state index contributed by atoms with van der Waals surface area (Å²) >= 11 is 1.71. The van der Waals surface area contributed by atoms with Crippen LogP contribution in [-0.4, -0.2) is 43.2 Å². The van der Waals surface area contributed by atoms with Crippen molar-refractivity contribution >= 4 is 27.4 Å². The first-order chi connectivity index (χ1) is 11.7. The first-order valence-corrected chi connectivity index (χ1v) is 9.46. The highest BCUT2D eigenvalue weighted by atomic mass is 32.1. The van der Waals surface area contributed by atoms with Crippen LogP contribution in [0.3, 0.4) is 0 Å². The molecule has 124 valence electrons. The number of likely N-dealkylation sites (N-methyl/N-ethyl adjacent to an activating group) is 1. The molecule has 0 saturated carbocycles. The highest BCUT2D eigenvalue weighted by Gasteiger charge is 2.21. The Balaban J connectivity index is 1.81. The minimum absolute atomic E-state index is 1.06. The van der Waals surface area contributed by atoms with Gasteiger partial charge in [0.2, 0.25) is 0 Å². The van der Waals surface area contributed by atoms with Gasteiger partial charge in [0.15, 0.2) is 0 Å². The minimum atomic E-state index is 1.06. The number of thiophene rings is 1. The Hall–Kier alpha value is -1.98. The number of aromatic nitrogens is 2. The largest absolute Gasteiger partial charge is 0.350 e. The summed E-state index contributed by atoms with van der Waals surface area (Å²) in [6.07, 6.45) is 2.93. The second-order valence-corrected chi connectivity index (χ2v) is 7.55. The Bertz CT molecular complexity index is 840. The number of fused-ring (bicyclic) bond motifs is 1. The zero-order valence-electron chi connectivity index (χ0n) is 14.2. The van der Waals surface area contributed by atoms with Gasteiger partial charge in [-0.1, -0.05) is 29.8 Å². The Labute approximate surface area is 146 Å². The van der Waals surface area contributed by atoms with Crippen molar-refractivity contribution in [2.45, 2.75) is 13.3 Å². The summed E-state index contributed by atoms with van der Waals surface area (Å²) < 4.78 is 0. The molecule has 1 N–H and O–H groups in total. The van der Waals surface area contributed by atoms with Crippen LogP contribution < -0.4 is 9.80 Å². The Kier molecular flexibility index (Phi) is 4.21. The van der Waals surface area contributed by atoms with Gasteiger partial charge >= 0.3 is 0 Å². The lowest BCUT2D eigenvalue weighted by Gasteiger charge is -2.21. The van der Waals surface area contributed by atoms with Gasteiger partial charge in [0, 0.05) is 23.9 Å². The van der Waals surface area contributed by atoms with E-state index in [9.17, 15) is 0 Å². The first kappa shape index (κ1) is 15.5. The quantitative estimate of drug-likeness (QED) is 0.778. The third kappa shape index (κ3) is 2.89. The van der Waals surface area contributed by atoms with E-state index in [4.69, 9.17) is 0 Å². The lowest BCUT2D eigenvalue weighted by molar-refractivity contribution is -0.876. The summed E-state index contributed by atoms with van der Waals surface area (Å²) in [5, 5.41) is 3.44. The average molecular weight is 339 g/mol. The molecule has 0 amide bonds. The van der Waals surface area contributed by atoms with Crippen LogP contribution in [0.15, 0.2) is 36.0 Å². The molecule has 2 aromatic heterocycles. The van der Waals surface area contributed by atoms with Crippen molar-refractivity contribution in [2.24, 2.45) is 0 Å². The fourth-order valence-electron chi connectivity index (χ4n) is 3.39. The molecular weight excluding hydrogens is 316 g/mol. The van der Waals surface area contributed by atoms with Crippen molar-refractivity contribution in [2.75, 3.05) is 38.1 Å². The van der Waals surface area contributed by atoms with Crippen LogP contribution in [0, 0.1) is 6.92 Å². The van der Waals surface area contributed by atoms with Crippen LogP contribution in [0.5, 0.6) is 0 Å². The zero-order valence-corrected chi connectivity index (χ0v) is 15.1. The van der Waals surface area contributed by atoms with Gasteiger partial charge < -0.3 is 9.80 Å². The van der Waals surface area contributed by atoms with Crippen LogP contribution in [0.2, 0.25) is 0 Å². The molecule has 1 aliphatic rings. The average Bonchev–Trinajstić information content (AvgIpc) is 2.91. The summed E-state index contributed by atoms with van der Waals surface area (Å²) in [5.74, 6) is 1.10. The van der Waals surface area contributed by atoms with E-state index in [0.717, 1.165) is 30.3 Å². The van der Waals surface area contributed by atoms with E-state index in [1.807, 2.05) is 0 Å². The first-order valence-electron chi connectivity index (χ1n) is 8.58. The van der Waals surface area contributed by atoms with Crippen LogP contribution in [0.1, 0.15) is 12.0 Å². The predicted octanol–water partition coefficient (Wildman–Crippen LogP) is 2.39. The zero-order chi connectivity index (χ0) is 16.5. The fourth-order valence-corrected chi connectivity index (χ4v) is 4.30. The van der Waals surface area contributed by atoms with Gasteiger partial charge in [-0.25, -0.2) is 9.97 Å². The summed E-state index contributed by atoms with van der Waals surface area (Å²) in [6, 6.07) is 8.75. The third-order valence-corrected chi connectivity index (χ3v) is 5.74. The molecule has 5 heteroatoms. The van der Waals surface area contributed by atoms with E-state index < -0.39 is 0 Å². The second kappa shape index (κ2) is 6.49. The molecule has 3 aromatic rings. The van der Waals surface area contributed by atoms with E-state index in [0.29, 0.717) is 0 Å². The van der Waals surface area contributed by atoms with Gasteiger partial charge in [0.25, 0.3) is 0 Å². The number of quaternary nitrogens is 1. The van der Waals surface area contributed by atoms with Crippen molar-refractivity contribution in [1.82, 2.24) is 9.97 Å². The topological polar surface area (TPSA) is 33.5 Å². The van der Waals surface area contributed by atoms with Gasteiger partial charge in [-0.3, -0.25) is 0 Å². The number of hydrogen-bond acceptors (Lipinski definition) is 4. The van der Waals surface area contributed by atoms with Gasteiger partial charge in [-0.05, 0) is 12.5 Å². The van der Waals surface area contributed by atoms with E-state index in [2.05, 4.69) is 58.5 Å². The molecule has 1 atom stereocenters. The van der Waals surface area contributed by atoms with Crippen molar-refractivity contribution in [3.05, 3.63) is 41.5 Å². The van der Waals surface area contributed by atoms with Gasteiger partial charge in [-0.2, -0.15) is 0 Å². The third-order valence-electron chi connectivity index (χ3n) is 4.85. The maximum atomic E-state index is 4.69. The number of hydrogen-bond donors (Lipinski definition) is 1. The van der Waals surface area contributed by atoms with Gasteiger partial charge in [-0.15, -0.1) is 11.3 Å². The fraction of sp³-hybridized carbons (Fsp3) is 0.368. The molecular formula is C19H23N4S+. The molecule has 4 nitrogen and oxygen atoms in total.